The van der Waals surface area contributed by atoms with Crippen LogP contribution < -0.4 is 0 Å². The van der Waals surface area contributed by atoms with Gasteiger partial charge in [0.1, 0.15) is 6.10 Å². The van der Waals surface area contributed by atoms with Crippen LogP contribution >= 0.6 is 0 Å². The van der Waals surface area contributed by atoms with Crippen molar-refractivity contribution in [2.45, 2.75) is 47.1 Å². The molecule has 0 bridgehead atoms. The van der Waals surface area contributed by atoms with Crippen LogP contribution in [0, 0.1) is 10.8 Å². The van der Waals surface area contributed by atoms with Crippen molar-refractivity contribution >= 4 is 5.97 Å². The summed E-state index contributed by atoms with van der Waals surface area (Å²) in [5, 5.41) is 0. The first-order valence-electron chi connectivity index (χ1n) is 5.11. The van der Waals surface area contributed by atoms with E-state index in [1.807, 2.05) is 0 Å². The molecule has 0 unspecified atom stereocenters. The molecule has 1 aliphatic carbocycles. The highest BCUT2D eigenvalue weighted by molar-refractivity contribution is 5.66. The number of hydrogen-bond acceptors (Lipinski definition) is 2. The zero-order chi connectivity index (χ0) is 11.0. The number of carbonyl (C=O) groups excluding carboxylic acids is 1. The van der Waals surface area contributed by atoms with Crippen LogP contribution in [0.25, 0.3) is 0 Å². The number of esters is 1. The van der Waals surface area contributed by atoms with Gasteiger partial charge < -0.3 is 4.74 Å². The maximum atomic E-state index is 11.0. The molecule has 1 rings (SSSR count). The van der Waals surface area contributed by atoms with Gasteiger partial charge in [0, 0.05) is 12.3 Å². The highest BCUT2D eigenvalue weighted by atomic mass is 16.5. The van der Waals surface area contributed by atoms with Gasteiger partial charge in [0.05, 0.1) is 0 Å². The summed E-state index contributed by atoms with van der Waals surface area (Å²) >= 11 is 0. The largest absolute Gasteiger partial charge is 0.462 e. The van der Waals surface area contributed by atoms with E-state index in [0.29, 0.717) is 0 Å². The van der Waals surface area contributed by atoms with Crippen LogP contribution in [-0.2, 0) is 9.53 Å². The van der Waals surface area contributed by atoms with Crippen molar-refractivity contribution < 1.29 is 9.53 Å². The Hall–Kier alpha value is -0.790. The summed E-state index contributed by atoms with van der Waals surface area (Å²) < 4.78 is 5.35. The van der Waals surface area contributed by atoms with Gasteiger partial charge in [-0.25, -0.2) is 0 Å². The average molecular weight is 196 g/mol. The second-order valence-electron chi connectivity index (χ2n) is 5.45. The molecule has 0 aliphatic heterocycles. The minimum Gasteiger partial charge on any atom is -0.462 e. The Balaban J connectivity index is 2.84. The van der Waals surface area contributed by atoms with Gasteiger partial charge in [0.2, 0.25) is 0 Å². The Morgan fingerprint density at radius 1 is 1.29 bits per heavy atom. The summed E-state index contributed by atoms with van der Waals surface area (Å²) in [6, 6.07) is 0. The Labute approximate surface area is 86.3 Å². The molecule has 2 nitrogen and oxygen atoms in total. The van der Waals surface area contributed by atoms with Crippen molar-refractivity contribution in [1.29, 1.82) is 0 Å². The van der Waals surface area contributed by atoms with Crippen molar-refractivity contribution in [1.82, 2.24) is 0 Å². The van der Waals surface area contributed by atoms with Gasteiger partial charge in [-0.05, 0) is 11.8 Å². The maximum absolute atomic E-state index is 11.0. The molecule has 0 aromatic heterocycles. The van der Waals surface area contributed by atoms with Crippen molar-refractivity contribution in [2.75, 3.05) is 0 Å². The average Bonchev–Trinajstić information content (AvgIpc) is 1.97. The maximum Gasteiger partial charge on any atom is 0.302 e. The van der Waals surface area contributed by atoms with E-state index in [9.17, 15) is 4.79 Å². The van der Waals surface area contributed by atoms with E-state index in [2.05, 4.69) is 39.8 Å². The zero-order valence-corrected chi connectivity index (χ0v) is 9.76. The third-order valence-corrected chi connectivity index (χ3v) is 2.81. The fourth-order valence-electron chi connectivity index (χ4n) is 1.75. The number of carbonyl (C=O) groups is 1. The minimum atomic E-state index is -0.186. The number of allylic oxidation sites excluding steroid dienone is 1. The van der Waals surface area contributed by atoms with Crippen LogP contribution in [-0.4, -0.2) is 12.1 Å². The topological polar surface area (TPSA) is 26.3 Å². The predicted molar refractivity (Wildman–Crippen MR) is 56.9 cm³/mol. The van der Waals surface area contributed by atoms with E-state index >= 15 is 0 Å². The molecule has 0 saturated heterocycles. The quantitative estimate of drug-likeness (QED) is 0.476. The summed E-state index contributed by atoms with van der Waals surface area (Å²) in [6.45, 7) is 10.0. The normalized spacial score (nSPS) is 28.5. The Kier molecular flexibility index (Phi) is 2.75. The van der Waals surface area contributed by atoms with E-state index in [1.54, 1.807) is 0 Å². The first-order chi connectivity index (χ1) is 6.23. The van der Waals surface area contributed by atoms with E-state index in [-0.39, 0.29) is 22.9 Å². The molecule has 80 valence electrons. The molecule has 0 aromatic carbocycles. The van der Waals surface area contributed by atoms with Crippen LogP contribution in [0.3, 0.4) is 0 Å². The molecule has 0 radical (unpaired) electrons. The second kappa shape index (κ2) is 3.41. The molecule has 0 amide bonds. The fourth-order valence-corrected chi connectivity index (χ4v) is 1.75. The standard InChI is InChI=1S/C12H20O2/c1-9(13)14-10-8-11(2,3)6-7-12(10,4)5/h6-7,10H,8H2,1-5H3/t10-/m0/s1. The van der Waals surface area contributed by atoms with Crippen molar-refractivity contribution in [3.8, 4) is 0 Å². The molecule has 2 heteroatoms. The van der Waals surface area contributed by atoms with Gasteiger partial charge in [0.25, 0.3) is 0 Å². The molecule has 1 atom stereocenters. The highest BCUT2D eigenvalue weighted by Crippen LogP contribution is 2.40. The van der Waals surface area contributed by atoms with E-state index in [4.69, 9.17) is 4.74 Å². The van der Waals surface area contributed by atoms with Gasteiger partial charge in [-0.2, -0.15) is 0 Å². The van der Waals surface area contributed by atoms with Crippen molar-refractivity contribution in [3.63, 3.8) is 0 Å². The first kappa shape index (κ1) is 11.3. The number of ether oxygens (including phenoxy) is 1. The molecule has 1 aliphatic rings. The number of hydrogen-bond donors (Lipinski definition) is 0. The lowest BCUT2D eigenvalue weighted by Gasteiger charge is -2.40. The Morgan fingerprint density at radius 2 is 1.86 bits per heavy atom. The SMILES string of the molecule is CC(=O)O[C@H]1CC(C)(C)C=CC1(C)C. The lowest BCUT2D eigenvalue weighted by molar-refractivity contribution is -0.153. The first-order valence-corrected chi connectivity index (χ1v) is 5.11. The van der Waals surface area contributed by atoms with Crippen molar-refractivity contribution in [3.05, 3.63) is 12.2 Å². The second-order valence-corrected chi connectivity index (χ2v) is 5.45. The summed E-state index contributed by atoms with van der Waals surface area (Å²) in [6.07, 6.45) is 5.27. The smallest absolute Gasteiger partial charge is 0.302 e. The van der Waals surface area contributed by atoms with E-state index in [0.717, 1.165) is 6.42 Å². The predicted octanol–water partition coefficient (Wildman–Crippen LogP) is 2.93. The summed E-state index contributed by atoms with van der Waals surface area (Å²) in [5.41, 5.74) is 0.0941. The molecule has 0 N–H and O–H groups in total. The number of rotatable bonds is 1. The van der Waals surface area contributed by atoms with Gasteiger partial charge in [-0.3, -0.25) is 4.79 Å². The Morgan fingerprint density at radius 3 is 2.36 bits per heavy atom. The summed E-state index contributed by atoms with van der Waals surface area (Å²) in [7, 11) is 0. The molecule has 0 fully saturated rings. The molecule has 0 heterocycles. The molecular formula is C12H20O2. The minimum absolute atomic E-state index is 0.000000000000000888. The molecule has 0 aromatic rings. The molecular weight excluding hydrogens is 176 g/mol. The van der Waals surface area contributed by atoms with Crippen molar-refractivity contribution in [2.24, 2.45) is 10.8 Å². The van der Waals surface area contributed by atoms with Crippen LogP contribution in [0.4, 0.5) is 0 Å². The monoisotopic (exact) mass is 196 g/mol. The lowest BCUT2D eigenvalue weighted by atomic mass is 9.70. The summed E-state index contributed by atoms with van der Waals surface area (Å²) in [4.78, 5) is 11.0. The molecule has 14 heavy (non-hydrogen) atoms. The van der Waals surface area contributed by atoms with Gasteiger partial charge in [-0.1, -0.05) is 39.8 Å². The summed E-state index contributed by atoms with van der Waals surface area (Å²) in [5.74, 6) is -0.186. The zero-order valence-electron chi connectivity index (χ0n) is 9.76. The lowest BCUT2D eigenvalue weighted by Crippen LogP contribution is -2.38. The van der Waals surface area contributed by atoms with Gasteiger partial charge in [-0.15, -0.1) is 0 Å². The van der Waals surface area contributed by atoms with Crippen LogP contribution in [0.5, 0.6) is 0 Å². The highest BCUT2D eigenvalue weighted by Gasteiger charge is 2.37. The van der Waals surface area contributed by atoms with Crippen LogP contribution in [0.1, 0.15) is 41.0 Å². The van der Waals surface area contributed by atoms with Gasteiger partial charge in [0.15, 0.2) is 0 Å². The third-order valence-electron chi connectivity index (χ3n) is 2.81. The third kappa shape index (κ3) is 2.60. The van der Waals surface area contributed by atoms with Gasteiger partial charge >= 0.3 is 5.97 Å². The van der Waals surface area contributed by atoms with Crippen LogP contribution in [0.15, 0.2) is 12.2 Å². The molecule has 0 saturated carbocycles. The van der Waals surface area contributed by atoms with E-state index in [1.165, 1.54) is 6.92 Å². The molecule has 0 spiro atoms. The van der Waals surface area contributed by atoms with E-state index < -0.39 is 0 Å². The Bertz CT molecular complexity index is 261. The van der Waals surface area contributed by atoms with Crippen LogP contribution in [0.2, 0.25) is 0 Å². The fraction of sp³-hybridized carbons (Fsp3) is 0.750.